The molecule has 1 rings (SSSR count). The fourth-order valence-corrected chi connectivity index (χ4v) is 2.69. The molecule has 0 saturated heterocycles. The molecule has 0 saturated carbocycles. The van der Waals surface area contributed by atoms with Crippen LogP contribution in [0.25, 0.3) is 0 Å². The summed E-state index contributed by atoms with van der Waals surface area (Å²) >= 11 is 0. The topological polar surface area (TPSA) is 101 Å². The highest BCUT2D eigenvalue weighted by Gasteiger charge is 2.13. The van der Waals surface area contributed by atoms with Crippen LogP contribution in [0.4, 0.5) is 0 Å². The average molecular weight is 303 g/mol. The molecule has 7 nitrogen and oxygen atoms in total. The smallest absolute Gasteiger partial charge is 0.306 e. The number of hydrogen-bond donors (Lipinski definition) is 2. The summed E-state index contributed by atoms with van der Waals surface area (Å²) in [5.74, 6) is -0.733. The number of nitrogens with zero attached hydrogens (tertiary/aromatic N) is 1. The van der Waals surface area contributed by atoms with Gasteiger partial charge >= 0.3 is 5.97 Å². The van der Waals surface area contributed by atoms with E-state index >= 15 is 0 Å². The molecule has 1 aromatic rings. The highest BCUT2D eigenvalue weighted by Crippen LogP contribution is 2.05. The van der Waals surface area contributed by atoms with E-state index in [-0.39, 0.29) is 18.8 Å². The first kappa shape index (κ1) is 16.6. The molecule has 0 aliphatic rings. The number of H-pyrrole nitrogens is 1. The van der Waals surface area contributed by atoms with Gasteiger partial charge in [0.1, 0.15) is 0 Å². The fraction of sp³-hybridized carbons (Fsp3) is 0.667. The molecular formula is C12H21N3O4S. The second-order valence-electron chi connectivity index (χ2n) is 4.39. The van der Waals surface area contributed by atoms with Crippen molar-refractivity contribution in [1.82, 2.24) is 14.9 Å². The lowest BCUT2D eigenvalue weighted by atomic mass is 10.1. The molecule has 0 aliphatic heterocycles. The monoisotopic (exact) mass is 303 g/mol. The zero-order valence-electron chi connectivity index (χ0n) is 11.8. The predicted octanol–water partition coefficient (Wildman–Crippen LogP) is 0.523. The van der Waals surface area contributed by atoms with Crippen LogP contribution in [0.3, 0.4) is 0 Å². The Hall–Kier alpha value is -1.41. The number of carbonyl (C=O) groups is 1. The van der Waals surface area contributed by atoms with Crippen LogP contribution in [0, 0.1) is 6.92 Å². The fourth-order valence-electron chi connectivity index (χ4n) is 1.66. The van der Waals surface area contributed by atoms with E-state index in [4.69, 9.17) is 0 Å². The lowest BCUT2D eigenvalue weighted by Gasteiger charge is -2.06. The number of esters is 1. The summed E-state index contributed by atoms with van der Waals surface area (Å²) in [6.45, 7) is 4.21. The Morgan fingerprint density at radius 2 is 2.25 bits per heavy atom. The van der Waals surface area contributed by atoms with Gasteiger partial charge in [0, 0.05) is 12.2 Å². The van der Waals surface area contributed by atoms with Crippen molar-refractivity contribution in [3.8, 4) is 0 Å². The summed E-state index contributed by atoms with van der Waals surface area (Å²) in [7, 11) is -3.42. The van der Waals surface area contributed by atoms with Crippen molar-refractivity contribution >= 4 is 16.0 Å². The van der Waals surface area contributed by atoms with Crippen LogP contribution < -0.4 is 4.72 Å². The number of rotatable bonds is 9. The van der Waals surface area contributed by atoms with Gasteiger partial charge in [-0.25, -0.2) is 13.1 Å². The second-order valence-corrected chi connectivity index (χ2v) is 6.32. The Balaban J connectivity index is 2.23. The van der Waals surface area contributed by atoms with Crippen molar-refractivity contribution in [3.05, 3.63) is 17.5 Å². The van der Waals surface area contributed by atoms with Crippen molar-refractivity contribution in [1.29, 1.82) is 0 Å². The molecule has 0 radical (unpaired) electrons. The molecule has 1 heterocycles. The van der Waals surface area contributed by atoms with Gasteiger partial charge in [0.15, 0.2) is 0 Å². The summed E-state index contributed by atoms with van der Waals surface area (Å²) in [6, 6.07) is 0. The lowest BCUT2D eigenvalue weighted by molar-refractivity contribution is -0.142. The van der Waals surface area contributed by atoms with Gasteiger partial charge < -0.3 is 4.74 Å². The van der Waals surface area contributed by atoms with Crippen LogP contribution in [0.15, 0.2) is 6.20 Å². The third-order valence-corrected chi connectivity index (χ3v) is 4.14. The van der Waals surface area contributed by atoms with E-state index in [0.717, 1.165) is 17.7 Å². The van der Waals surface area contributed by atoms with Gasteiger partial charge in [-0.15, -0.1) is 0 Å². The minimum absolute atomic E-state index is 0.121. The molecule has 0 atom stereocenters. The van der Waals surface area contributed by atoms with E-state index in [2.05, 4.69) is 19.7 Å². The maximum atomic E-state index is 11.6. The Morgan fingerprint density at radius 3 is 2.85 bits per heavy atom. The maximum Gasteiger partial charge on any atom is 0.306 e. The summed E-state index contributed by atoms with van der Waals surface area (Å²) < 4.78 is 30.4. The van der Waals surface area contributed by atoms with Crippen LogP contribution >= 0.6 is 0 Å². The van der Waals surface area contributed by atoms with E-state index in [1.165, 1.54) is 0 Å². The molecule has 0 aliphatic carbocycles. The van der Waals surface area contributed by atoms with Gasteiger partial charge in [-0.3, -0.25) is 9.89 Å². The molecule has 0 unspecified atom stereocenters. The first-order valence-corrected chi connectivity index (χ1v) is 8.21. The van der Waals surface area contributed by atoms with Crippen LogP contribution in [0.2, 0.25) is 0 Å². The molecule has 0 aromatic carbocycles. The minimum Gasteiger partial charge on any atom is -0.466 e. The summed E-state index contributed by atoms with van der Waals surface area (Å²) in [4.78, 5) is 11.1. The number of aromatic amines is 1. The summed E-state index contributed by atoms with van der Waals surface area (Å²) in [6.07, 6.45) is 3.05. The van der Waals surface area contributed by atoms with Crippen LogP contribution in [0.1, 0.15) is 31.0 Å². The Labute approximate surface area is 119 Å². The molecule has 0 fully saturated rings. The summed E-state index contributed by atoms with van der Waals surface area (Å²) in [5, 5.41) is 6.73. The zero-order chi connectivity index (χ0) is 15.0. The lowest BCUT2D eigenvalue weighted by Crippen LogP contribution is -2.29. The number of carbonyl (C=O) groups excluding carboxylic acids is 1. The largest absolute Gasteiger partial charge is 0.466 e. The number of ether oxygens (including phenoxy) is 1. The number of hydrogen-bond acceptors (Lipinski definition) is 5. The standard InChI is InChI=1S/C12H21N3O4S/c1-3-19-12(16)6-8-20(17,18)14-7-4-5-11-9-13-15-10(11)2/h9,14H,3-8H2,1-2H3,(H,13,15). The second kappa shape index (κ2) is 8.01. The van der Waals surface area contributed by atoms with Gasteiger partial charge in [0.2, 0.25) is 10.0 Å². The zero-order valence-corrected chi connectivity index (χ0v) is 12.6. The molecule has 0 bridgehead atoms. The SMILES string of the molecule is CCOC(=O)CCS(=O)(=O)NCCCc1cn[nH]c1C. The summed E-state index contributed by atoms with van der Waals surface area (Å²) in [5.41, 5.74) is 2.07. The van der Waals surface area contributed by atoms with Crippen molar-refractivity contribution in [2.75, 3.05) is 18.9 Å². The van der Waals surface area contributed by atoms with E-state index < -0.39 is 16.0 Å². The van der Waals surface area contributed by atoms with Crippen molar-refractivity contribution < 1.29 is 17.9 Å². The van der Waals surface area contributed by atoms with Crippen molar-refractivity contribution in [2.45, 2.75) is 33.1 Å². The van der Waals surface area contributed by atoms with Crippen LogP contribution in [0.5, 0.6) is 0 Å². The Bertz CT molecular complexity index is 525. The van der Waals surface area contributed by atoms with Gasteiger partial charge in [0.05, 0.1) is 25.0 Å². The normalized spacial score (nSPS) is 11.5. The molecule has 8 heteroatoms. The third kappa shape index (κ3) is 6.16. The number of aryl methyl sites for hydroxylation is 2. The maximum absolute atomic E-state index is 11.6. The van der Waals surface area contributed by atoms with Crippen molar-refractivity contribution in [3.63, 3.8) is 0 Å². The van der Waals surface area contributed by atoms with E-state index in [0.29, 0.717) is 13.0 Å². The molecule has 0 spiro atoms. The average Bonchev–Trinajstić information content (AvgIpc) is 2.79. The van der Waals surface area contributed by atoms with Crippen molar-refractivity contribution in [2.24, 2.45) is 0 Å². The molecule has 2 N–H and O–H groups in total. The predicted molar refractivity (Wildman–Crippen MR) is 74.7 cm³/mol. The first-order chi connectivity index (χ1) is 9.44. The van der Waals surface area contributed by atoms with E-state index in [1.807, 2.05) is 6.92 Å². The Morgan fingerprint density at radius 1 is 1.50 bits per heavy atom. The van der Waals surface area contributed by atoms with Crippen LogP contribution in [-0.4, -0.2) is 43.5 Å². The molecule has 0 amide bonds. The van der Waals surface area contributed by atoms with Gasteiger partial charge in [-0.1, -0.05) is 0 Å². The number of sulfonamides is 1. The van der Waals surface area contributed by atoms with Gasteiger partial charge in [-0.05, 0) is 32.3 Å². The quantitative estimate of drug-likeness (QED) is 0.511. The first-order valence-electron chi connectivity index (χ1n) is 6.56. The highest BCUT2D eigenvalue weighted by atomic mass is 32.2. The molecule has 20 heavy (non-hydrogen) atoms. The van der Waals surface area contributed by atoms with E-state index in [9.17, 15) is 13.2 Å². The Kier molecular flexibility index (Phi) is 6.66. The molecular weight excluding hydrogens is 282 g/mol. The van der Waals surface area contributed by atoms with Gasteiger partial charge in [0.25, 0.3) is 0 Å². The third-order valence-electron chi connectivity index (χ3n) is 2.76. The van der Waals surface area contributed by atoms with E-state index in [1.54, 1.807) is 13.1 Å². The number of aromatic nitrogens is 2. The molecule has 114 valence electrons. The highest BCUT2D eigenvalue weighted by molar-refractivity contribution is 7.89. The number of nitrogens with one attached hydrogen (secondary N) is 2. The minimum atomic E-state index is -3.42. The molecule has 1 aromatic heterocycles. The van der Waals surface area contributed by atoms with Crippen LogP contribution in [-0.2, 0) is 26.0 Å². The van der Waals surface area contributed by atoms with Gasteiger partial charge in [-0.2, -0.15) is 5.10 Å².